The topological polar surface area (TPSA) is 57.6 Å². The van der Waals surface area contributed by atoms with E-state index >= 15 is 0 Å². The summed E-state index contributed by atoms with van der Waals surface area (Å²) in [6, 6.07) is 5.17. The summed E-state index contributed by atoms with van der Waals surface area (Å²) in [4.78, 5) is 24.9. The van der Waals surface area contributed by atoms with E-state index in [-0.39, 0.29) is 18.4 Å². The van der Waals surface area contributed by atoms with Crippen LogP contribution in [0, 0.1) is 0 Å². The number of carboxylic acids is 1. The molecule has 1 atom stereocenters. The number of nitrogens with zero attached hydrogens (tertiary/aromatic N) is 1. The van der Waals surface area contributed by atoms with E-state index in [1.807, 2.05) is 6.07 Å². The minimum atomic E-state index is -0.861. The third-order valence-corrected chi connectivity index (χ3v) is 4.07. The molecule has 0 radical (unpaired) electrons. The fourth-order valence-electron chi connectivity index (χ4n) is 2.36. The third-order valence-electron chi connectivity index (χ3n) is 3.16. The zero-order valence-electron chi connectivity index (χ0n) is 10.1. The molecule has 1 N–H and O–H groups in total. The van der Waals surface area contributed by atoms with Crippen LogP contribution in [0.1, 0.15) is 29.6 Å². The first-order valence-corrected chi connectivity index (χ1v) is 7.55. The molecule has 1 aromatic rings. The van der Waals surface area contributed by atoms with Crippen LogP contribution in [0.25, 0.3) is 0 Å². The van der Waals surface area contributed by atoms with E-state index in [2.05, 4.69) is 31.9 Å². The molecule has 0 saturated carbocycles. The van der Waals surface area contributed by atoms with Gasteiger partial charge in [-0.1, -0.05) is 31.9 Å². The summed E-state index contributed by atoms with van der Waals surface area (Å²) in [6.45, 7) is 0.626. The van der Waals surface area contributed by atoms with Gasteiger partial charge in [-0.3, -0.25) is 9.59 Å². The Labute approximate surface area is 128 Å². The molecule has 1 aromatic carbocycles. The fraction of sp³-hybridized carbons (Fsp3) is 0.385. The second-order valence-electron chi connectivity index (χ2n) is 4.55. The van der Waals surface area contributed by atoms with Crippen LogP contribution in [0.5, 0.6) is 0 Å². The number of carboxylic acid groups (broad SMARTS) is 1. The van der Waals surface area contributed by atoms with Crippen LogP contribution in [0.2, 0.25) is 0 Å². The van der Waals surface area contributed by atoms with Gasteiger partial charge in [-0.2, -0.15) is 0 Å². The van der Waals surface area contributed by atoms with Crippen molar-refractivity contribution in [3.63, 3.8) is 0 Å². The zero-order valence-corrected chi connectivity index (χ0v) is 13.3. The van der Waals surface area contributed by atoms with Crippen LogP contribution in [0.4, 0.5) is 0 Å². The maximum Gasteiger partial charge on any atom is 0.305 e. The summed E-state index contributed by atoms with van der Waals surface area (Å²) in [6.07, 6.45) is 1.63. The van der Waals surface area contributed by atoms with Crippen molar-refractivity contribution in [2.24, 2.45) is 0 Å². The minimum Gasteiger partial charge on any atom is -0.481 e. The maximum absolute atomic E-state index is 12.4. The van der Waals surface area contributed by atoms with E-state index in [1.54, 1.807) is 17.0 Å². The molecule has 6 heteroatoms. The predicted octanol–water partition coefficient (Wildman–Crippen LogP) is 3.29. The molecule has 0 aromatic heterocycles. The van der Waals surface area contributed by atoms with E-state index in [0.29, 0.717) is 12.1 Å². The largest absolute Gasteiger partial charge is 0.481 e. The number of amides is 1. The number of rotatable bonds is 3. The number of carbonyl (C=O) groups is 2. The van der Waals surface area contributed by atoms with E-state index in [9.17, 15) is 9.59 Å². The van der Waals surface area contributed by atoms with Gasteiger partial charge in [0, 0.05) is 27.1 Å². The number of benzene rings is 1. The second kappa shape index (κ2) is 6.05. The van der Waals surface area contributed by atoms with Crippen molar-refractivity contribution in [1.29, 1.82) is 0 Å². The number of carbonyl (C=O) groups excluding carboxylic acids is 1. The van der Waals surface area contributed by atoms with E-state index < -0.39 is 5.97 Å². The first kappa shape index (κ1) is 14.5. The molecule has 102 valence electrons. The first-order chi connectivity index (χ1) is 8.97. The molecule has 1 fully saturated rings. The van der Waals surface area contributed by atoms with Gasteiger partial charge in [-0.15, -0.1) is 0 Å². The van der Waals surface area contributed by atoms with Crippen LogP contribution in [0.15, 0.2) is 27.1 Å². The minimum absolute atomic E-state index is 0.0148. The summed E-state index contributed by atoms with van der Waals surface area (Å²) in [5, 5.41) is 8.88. The molecule has 1 aliphatic rings. The lowest BCUT2D eigenvalue weighted by Gasteiger charge is -2.23. The lowest BCUT2D eigenvalue weighted by Crippen LogP contribution is -2.36. The van der Waals surface area contributed by atoms with Crippen molar-refractivity contribution in [2.75, 3.05) is 6.54 Å². The average molecular weight is 391 g/mol. The van der Waals surface area contributed by atoms with Crippen LogP contribution in [-0.4, -0.2) is 34.5 Å². The van der Waals surface area contributed by atoms with Gasteiger partial charge in [0.05, 0.1) is 6.42 Å². The number of likely N-dealkylation sites (tertiary alicyclic amines) is 1. The standard InChI is InChI=1S/C13H13Br2NO3/c14-9-4-8(5-10(15)6-9)13(19)16-3-1-2-11(16)7-12(17)18/h4-6,11H,1-3,7H2,(H,17,18). The molecular weight excluding hydrogens is 378 g/mol. The van der Waals surface area contributed by atoms with Crippen molar-refractivity contribution in [3.8, 4) is 0 Å². The Morgan fingerprint density at radius 3 is 2.47 bits per heavy atom. The van der Waals surface area contributed by atoms with Gasteiger partial charge in [0.25, 0.3) is 5.91 Å². The Bertz CT molecular complexity index is 498. The monoisotopic (exact) mass is 389 g/mol. The Kier molecular flexibility index (Phi) is 4.62. The molecule has 0 aliphatic carbocycles. The van der Waals surface area contributed by atoms with Crippen LogP contribution >= 0.6 is 31.9 Å². The first-order valence-electron chi connectivity index (χ1n) is 5.96. The Morgan fingerprint density at radius 1 is 1.26 bits per heavy atom. The van der Waals surface area contributed by atoms with E-state index in [4.69, 9.17) is 5.11 Å². The van der Waals surface area contributed by atoms with Crippen molar-refractivity contribution in [2.45, 2.75) is 25.3 Å². The molecule has 19 heavy (non-hydrogen) atoms. The number of hydrogen-bond acceptors (Lipinski definition) is 2. The predicted molar refractivity (Wildman–Crippen MR) is 78.2 cm³/mol. The van der Waals surface area contributed by atoms with Gasteiger partial charge in [-0.05, 0) is 31.0 Å². The fourth-order valence-corrected chi connectivity index (χ4v) is 3.65. The SMILES string of the molecule is O=C(O)CC1CCCN1C(=O)c1cc(Br)cc(Br)c1. The molecule has 4 nitrogen and oxygen atoms in total. The Morgan fingerprint density at radius 2 is 1.89 bits per heavy atom. The van der Waals surface area contributed by atoms with Gasteiger partial charge in [-0.25, -0.2) is 0 Å². The Hall–Kier alpha value is -0.880. The van der Waals surface area contributed by atoms with Crippen molar-refractivity contribution in [3.05, 3.63) is 32.7 Å². The zero-order chi connectivity index (χ0) is 14.0. The quantitative estimate of drug-likeness (QED) is 0.861. The number of hydrogen-bond donors (Lipinski definition) is 1. The smallest absolute Gasteiger partial charge is 0.305 e. The van der Waals surface area contributed by atoms with E-state index in [1.165, 1.54) is 0 Å². The summed E-state index contributed by atoms with van der Waals surface area (Å²) < 4.78 is 1.64. The normalized spacial score (nSPS) is 18.6. The summed E-state index contributed by atoms with van der Waals surface area (Å²) >= 11 is 6.70. The molecule has 1 amide bonds. The highest BCUT2D eigenvalue weighted by molar-refractivity contribution is 9.11. The maximum atomic E-state index is 12.4. The summed E-state index contributed by atoms with van der Waals surface area (Å²) in [5.74, 6) is -0.967. The van der Waals surface area contributed by atoms with Crippen molar-refractivity contribution in [1.82, 2.24) is 4.90 Å². The Balaban J connectivity index is 2.20. The van der Waals surface area contributed by atoms with Crippen LogP contribution < -0.4 is 0 Å². The molecular formula is C13H13Br2NO3. The highest BCUT2D eigenvalue weighted by Gasteiger charge is 2.31. The van der Waals surface area contributed by atoms with Gasteiger partial charge < -0.3 is 10.0 Å². The molecule has 1 unspecified atom stereocenters. The summed E-state index contributed by atoms with van der Waals surface area (Å²) in [5.41, 5.74) is 0.568. The highest BCUT2D eigenvalue weighted by Crippen LogP contribution is 2.26. The van der Waals surface area contributed by atoms with Gasteiger partial charge in [0.1, 0.15) is 0 Å². The molecule has 0 spiro atoms. The lowest BCUT2D eigenvalue weighted by atomic mass is 10.1. The highest BCUT2D eigenvalue weighted by atomic mass is 79.9. The van der Waals surface area contributed by atoms with Gasteiger partial charge in [0.2, 0.25) is 0 Å². The lowest BCUT2D eigenvalue weighted by molar-refractivity contribution is -0.137. The summed E-state index contributed by atoms with van der Waals surface area (Å²) in [7, 11) is 0. The van der Waals surface area contributed by atoms with E-state index in [0.717, 1.165) is 21.8 Å². The number of halogens is 2. The molecule has 1 heterocycles. The van der Waals surface area contributed by atoms with Crippen molar-refractivity contribution >= 4 is 43.7 Å². The third kappa shape index (κ3) is 3.57. The molecule has 0 bridgehead atoms. The van der Waals surface area contributed by atoms with Gasteiger partial charge in [0.15, 0.2) is 0 Å². The molecule has 1 saturated heterocycles. The molecule has 1 aliphatic heterocycles. The number of aliphatic carboxylic acids is 1. The molecule has 2 rings (SSSR count). The second-order valence-corrected chi connectivity index (χ2v) is 6.38. The van der Waals surface area contributed by atoms with Crippen molar-refractivity contribution < 1.29 is 14.7 Å². The van der Waals surface area contributed by atoms with Gasteiger partial charge >= 0.3 is 5.97 Å². The average Bonchev–Trinajstić information content (AvgIpc) is 2.73. The van der Waals surface area contributed by atoms with Crippen LogP contribution in [0.3, 0.4) is 0 Å². The van der Waals surface area contributed by atoms with Crippen LogP contribution in [-0.2, 0) is 4.79 Å².